The lowest BCUT2D eigenvalue weighted by atomic mass is 9.83. The molecule has 0 aromatic carbocycles. The molecule has 0 saturated heterocycles. The van der Waals surface area contributed by atoms with E-state index in [1.165, 1.54) is 12.5 Å². The van der Waals surface area contributed by atoms with Crippen LogP contribution in [0, 0.1) is 5.92 Å². The number of esters is 1. The molecule has 7 nitrogen and oxygen atoms in total. The van der Waals surface area contributed by atoms with Gasteiger partial charge in [0.05, 0.1) is 12.2 Å². The first kappa shape index (κ1) is 21.0. The van der Waals surface area contributed by atoms with Crippen molar-refractivity contribution in [2.24, 2.45) is 11.1 Å². The first-order valence-corrected chi connectivity index (χ1v) is 9.78. The summed E-state index contributed by atoms with van der Waals surface area (Å²) < 4.78 is 17.9. The Morgan fingerprint density at radius 1 is 1.41 bits per heavy atom. The van der Waals surface area contributed by atoms with Crippen molar-refractivity contribution >= 4 is 23.7 Å². The van der Waals surface area contributed by atoms with Crippen molar-refractivity contribution in [3.63, 3.8) is 0 Å². The van der Waals surface area contributed by atoms with Crippen LogP contribution in [0.3, 0.4) is 0 Å². The molecule has 29 heavy (non-hydrogen) atoms. The number of carbonyl (C=O) groups excluding carboxylic acids is 2. The molecule has 1 aromatic heterocycles. The Labute approximate surface area is 169 Å². The minimum Gasteiger partial charge on any atom is -0.458 e. The Morgan fingerprint density at radius 2 is 2.21 bits per heavy atom. The van der Waals surface area contributed by atoms with Crippen LogP contribution in [0.15, 0.2) is 23.5 Å². The molecule has 0 radical (unpaired) electrons. The van der Waals surface area contributed by atoms with Gasteiger partial charge in [0.15, 0.2) is 0 Å². The molecule has 1 unspecified atom stereocenters. The van der Waals surface area contributed by atoms with Gasteiger partial charge in [-0.3, -0.25) is 14.6 Å². The van der Waals surface area contributed by atoms with Gasteiger partial charge in [-0.05, 0) is 24.5 Å². The molecule has 2 atom stereocenters. The van der Waals surface area contributed by atoms with E-state index in [1.807, 2.05) is 26.0 Å². The van der Waals surface area contributed by atoms with E-state index in [2.05, 4.69) is 21.5 Å². The lowest BCUT2D eigenvalue weighted by Crippen LogP contribution is -2.52. The van der Waals surface area contributed by atoms with Gasteiger partial charge in [-0.2, -0.15) is 0 Å². The standard InChI is InChI=1S/C21H26FN3O4/c1-13(2)21(20(27)24-12-16(11-22)28-14(3)26)10-18(25-29-21)19-17-7-5-4-6-15(17)8-9-23-19/h5,7-9,13,16H,4,6,10-12H2,1-3H3,(H,24,27)/t16-,21?/m0/s1. The Hall–Kier alpha value is -2.77. The van der Waals surface area contributed by atoms with E-state index >= 15 is 0 Å². The number of aromatic nitrogens is 1. The number of halogens is 1. The quantitative estimate of drug-likeness (QED) is 0.707. The summed E-state index contributed by atoms with van der Waals surface area (Å²) >= 11 is 0. The Bertz CT molecular complexity index is 852. The Balaban J connectivity index is 1.76. The van der Waals surface area contributed by atoms with Gasteiger partial charge in [-0.25, -0.2) is 4.39 Å². The Kier molecular flexibility index (Phi) is 6.30. The van der Waals surface area contributed by atoms with E-state index in [0.717, 1.165) is 24.1 Å². The summed E-state index contributed by atoms with van der Waals surface area (Å²) in [7, 11) is 0. The number of fused-ring (bicyclic) bond motifs is 1. The predicted molar refractivity (Wildman–Crippen MR) is 106 cm³/mol. The van der Waals surface area contributed by atoms with Crippen LogP contribution in [-0.4, -0.2) is 47.5 Å². The molecule has 2 aliphatic rings. The number of amides is 1. The molecule has 1 aromatic rings. The van der Waals surface area contributed by atoms with Gasteiger partial charge < -0.3 is 14.9 Å². The molecule has 1 N–H and O–H groups in total. The number of carbonyl (C=O) groups is 2. The van der Waals surface area contributed by atoms with Gasteiger partial charge in [0.25, 0.3) is 5.91 Å². The van der Waals surface area contributed by atoms with Crippen molar-refractivity contribution in [1.82, 2.24) is 10.3 Å². The van der Waals surface area contributed by atoms with Crippen molar-refractivity contribution in [1.29, 1.82) is 0 Å². The molecule has 3 rings (SSSR count). The molecular weight excluding hydrogens is 377 g/mol. The number of hydrogen-bond donors (Lipinski definition) is 1. The normalized spacial score (nSPS) is 21.2. The summed E-state index contributed by atoms with van der Waals surface area (Å²) in [6.45, 7) is 3.91. The highest BCUT2D eigenvalue weighted by molar-refractivity contribution is 6.06. The third-order valence-electron chi connectivity index (χ3n) is 5.28. The van der Waals surface area contributed by atoms with E-state index in [4.69, 9.17) is 9.57 Å². The summed E-state index contributed by atoms with van der Waals surface area (Å²) in [5, 5.41) is 6.85. The Morgan fingerprint density at radius 3 is 2.90 bits per heavy atom. The number of aryl methyl sites for hydroxylation is 1. The van der Waals surface area contributed by atoms with Crippen LogP contribution in [0.1, 0.15) is 50.4 Å². The first-order valence-electron chi connectivity index (χ1n) is 9.78. The maximum atomic E-state index is 13.0. The van der Waals surface area contributed by atoms with E-state index in [1.54, 1.807) is 6.20 Å². The van der Waals surface area contributed by atoms with Crippen LogP contribution in [0.5, 0.6) is 0 Å². The molecule has 0 saturated carbocycles. The molecular formula is C21H26FN3O4. The number of pyridine rings is 1. The smallest absolute Gasteiger partial charge is 0.303 e. The summed E-state index contributed by atoms with van der Waals surface area (Å²) in [5.41, 5.74) is 2.30. The zero-order valence-corrected chi connectivity index (χ0v) is 16.9. The number of ether oxygens (including phenoxy) is 1. The van der Waals surface area contributed by atoms with Gasteiger partial charge in [-0.1, -0.05) is 31.2 Å². The van der Waals surface area contributed by atoms with E-state index in [-0.39, 0.29) is 18.9 Å². The number of oxime groups is 1. The molecule has 1 aliphatic heterocycles. The van der Waals surface area contributed by atoms with Crippen molar-refractivity contribution < 1.29 is 23.6 Å². The molecule has 0 fully saturated rings. The number of nitrogens with one attached hydrogen (secondary N) is 1. The number of nitrogens with zero attached hydrogens (tertiary/aromatic N) is 2. The number of hydrogen-bond acceptors (Lipinski definition) is 6. The SMILES string of the molecule is CC(=O)O[C@@H](CF)CNC(=O)C1(C(C)C)CC(c2nccc3c2C=CCC3)=NO1. The van der Waals surface area contributed by atoms with Gasteiger partial charge >= 0.3 is 5.97 Å². The second kappa shape index (κ2) is 8.71. The fourth-order valence-corrected chi connectivity index (χ4v) is 3.58. The van der Waals surface area contributed by atoms with Crippen LogP contribution in [-0.2, 0) is 25.6 Å². The van der Waals surface area contributed by atoms with Crippen molar-refractivity contribution in [3.8, 4) is 0 Å². The third kappa shape index (κ3) is 4.31. The molecule has 1 amide bonds. The van der Waals surface area contributed by atoms with Crippen LogP contribution < -0.4 is 5.32 Å². The van der Waals surface area contributed by atoms with Gasteiger partial charge in [0.2, 0.25) is 5.60 Å². The van der Waals surface area contributed by atoms with Crippen LogP contribution >= 0.6 is 0 Å². The van der Waals surface area contributed by atoms with Gasteiger partial charge in [0, 0.05) is 31.0 Å². The largest absolute Gasteiger partial charge is 0.458 e. The monoisotopic (exact) mass is 403 g/mol. The number of alkyl halides is 1. The second-order valence-corrected chi connectivity index (χ2v) is 7.62. The van der Waals surface area contributed by atoms with Crippen molar-refractivity contribution in [3.05, 3.63) is 35.2 Å². The summed E-state index contributed by atoms with van der Waals surface area (Å²) in [4.78, 5) is 34.2. The summed E-state index contributed by atoms with van der Waals surface area (Å²) in [5.74, 6) is -1.22. The van der Waals surface area contributed by atoms with Gasteiger partial charge in [0.1, 0.15) is 18.5 Å². The second-order valence-electron chi connectivity index (χ2n) is 7.62. The van der Waals surface area contributed by atoms with Crippen LogP contribution in [0.25, 0.3) is 6.08 Å². The maximum absolute atomic E-state index is 13.0. The average Bonchev–Trinajstić information content (AvgIpc) is 3.17. The van der Waals surface area contributed by atoms with Gasteiger partial charge in [-0.15, -0.1) is 0 Å². The van der Waals surface area contributed by atoms with E-state index in [0.29, 0.717) is 5.71 Å². The zero-order chi connectivity index (χ0) is 21.0. The minimum absolute atomic E-state index is 0.135. The van der Waals surface area contributed by atoms with E-state index < -0.39 is 30.3 Å². The van der Waals surface area contributed by atoms with E-state index in [9.17, 15) is 14.0 Å². The number of allylic oxidation sites excluding steroid dienone is 1. The zero-order valence-electron chi connectivity index (χ0n) is 16.9. The fraction of sp³-hybridized carbons (Fsp3) is 0.524. The predicted octanol–water partition coefficient (Wildman–Crippen LogP) is 2.58. The van der Waals surface area contributed by atoms with Crippen molar-refractivity contribution in [2.75, 3.05) is 13.2 Å². The molecule has 2 heterocycles. The first-order chi connectivity index (χ1) is 13.9. The highest BCUT2D eigenvalue weighted by atomic mass is 19.1. The van der Waals surface area contributed by atoms with Crippen LogP contribution in [0.4, 0.5) is 4.39 Å². The highest BCUT2D eigenvalue weighted by Gasteiger charge is 2.50. The molecule has 156 valence electrons. The fourth-order valence-electron chi connectivity index (χ4n) is 3.58. The molecule has 0 spiro atoms. The molecule has 1 aliphatic carbocycles. The average molecular weight is 403 g/mol. The maximum Gasteiger partial charge on any atom is 0.303 e. The van der Waals surface area contributed by atoms with Crippen molar-refractivity contribution in [2.45, 2.75) is 51.7 Å². The topological polar surface area (TPSA) is 89.9 Å². The highest BCUT2D eigenvalue weighted by Crippen LogP contribution is 2.35. The molecule has 0 bridgehead atoms. The summed E-state index contributed by atoms with van der Waals surface area (Å²) in [6, 6.07) is 1.99. The van der Waals surface area contributed by atoms with Crippen LogP contribution in [0.2, 0.25) is 0 Å². The lowest BCUT2D eigenvalue weighted by Gasteiger charge is -2.29. The summed E-state index contributed by atoms with van der Waals surface area (Å²) in [6.07, 6.45) is 7.01. The lowest BCUT2D eigenvalue weighted by molar-refractivity contribution is -0.153. The number of rotatable bonds is 7. The third-order valence-corrected chi connectivity index (χ3v) is 5.28. The minimum atomic E-state index is -1.23. The molecule has 8 heteroatoms.